The molecule has 2 aliphatic rings. The van der Waals surface area contributed by atoms with E-state index in [1.54, 1.807) is 0 Å². The predicted octanol–water partition coefficient (Wildman–Crippen LogP) is 6.48. The molecule has 0 aliphatic heterocycles. The standard InChI is InChI=1S/C29H22N2/c30-20-22-15-17-24(18-16-22)27-19-28(25-11-5-2-6-12-25)31(21-23-9-3-1-4-10-23)29(27)26-13-7-8-14-26/h1-6,9-13,15,17-19,22H,14,16,21H2. The monoisotopic (exact) mass is 398 g/mol. The van der Waals surface area contributed by atoms with Crippen LogP contribution in [0.15, 0.2) is 91.0 Å². The van der Waals surface area contributed by atoms with Crippen LogP contribution in [0, 0.1) is 29.1 Å². The highest BCUT2D eigenvalue weighted by Crippen LogP contribution is 2.38. The second kappa shape index (κ2) is 8.39. The maximum Gasteiger partial charge on any atom is 0.0700 e. The van der Waals surface area contributed by atoms with Crippen molar-refractivity contribution < 1.29 is 0 Å². The number of aromatic nitrogens is 1. The van der Waals surface area contributed by atoms with E-state index in [0.29, 0.717) is 0 Å². The van der Waals surface area contributed by atoms with Gasteiger partial charge in [0.2, 0.25) is 0 Å². The van der Waals surface area contributed by atoms with Crippen LogP contribution in [0.4, 0.5) is 0 Å². The molecule has 0 amide bonds. The summed E-state index contributed by atoms with van der Waals surface area (Å²) in [6, 6.07) is 25.8. The van der Waals surface area contributed by atoms with Crippen molar-refractivity contribution in [3.63, 3.8) is 0 Å². The maximum absolute atomic E-state index is 9.28. The molecule has 0 spiro atoms. The summed E-state index contributed by atoms with van der Waals surface area (Å²) in [6.45, 7) is 0.787. The SMILES string of the molecule is N#CC1C=CC(c2cc(-c3ccccc3)n(Cc3ccccc3)c2C2=CC#CC2)=CC1. The van der Waals surface area contributed by atoms with Crippen LogP contribution in [0.25, 0.3) is 22.4 Å². The molecule has 0 saturated carbocycles. The van der Waals surface area contributed by atoms with E-state index >= 15 is 0 Å². The average Bonchev–Trinajstić information content (AvgIpc) is 3.48. The first-order chi connectivity index (χ1) is 15.3. The molecule has 1 aromatic heterocycles. The quantitative estimate of drug-likeness (QED) is 0.452. The lowest BCUT2D eigenvalue weighted by Gasteiger charge is -2.17. The van der Waals surface area contributed by atoms with E-state index in [4.69, 9.17) is 0 Å². The van der Waals surface area contributed by atoms with Crippen molar-refractivity contribution in [2.24, 2.45) is 5.92 Å². The number of hydrogen-bond donors (Lipinski definition) is 0. The first-order valence-corrected chi connectivity index (χ1v) is 10.6. The zero-order chi connectivity index (χ0) is 21.0. The Kier molecular flexibility index (Phi) is 5.14. The van der Waals surface area contributed by atoms with Gasteiger partial charge in [0.15, 0.2) is 0 Å². The summed E-state index contributed by atoms with van der Waals surface area (Å²) < 4.78 is 2.42. The van der Waals surface area contributed by atoms with E-state index in [1.807, 2.05) is 6.08 Å². The largest absolute Gasteiger partial charge is 0.336 e. The summed E-state index contributed by atoms with van der Waals surface area (Å²) >= 11 is 0. The van der Waals surface area contributed by atoms with E-state index in [-0.39, 0.29) is 5.92 Å². The Hall–Kier alpha value is -4.01. The van der Waals surface area contributed by atoms with E-state index in [9.17, 15) is 5.26 Å². The molecule has 0 saturated heterocycles. The smallest absolute Gasteiger partial charge is 0.0700 e. The van der Waals surface area contributed by atoms with Crippen LogP contribution in [0.5, 0.6) is 0 Å². The second-order valence-corrected chi connectivity index (χ2v) is 7.89. The summed E-state index contributed by atoms with van der Waals surface area (Å²) in [6.07, 6.45) is 9.90. The first-order valence-electron chi connectivity index (χ1n) is 10.6. The third-order valence-electron chi connectivity index (χ3n) is 5.86. The molecular weight excluding hydrogens is 376 g/mol. The van der Waals surface area contributed by atoms with Gasteiger partial charge in [-0.3, -0.25) is 0 Å². The number of allylic oxidation sites excluding steroid dienone is 6. The van der Waals surface area contributed by atoms with E-state index in [1.165, 1.54) is 39.2 Å². The number of benzene rings is 2. The van der Waals surface area contributed by atoms with Gasteiger partial charge in [0.1, 0.15) is 0 Å². The van der Waals surface area contributed by atoms with Crippen molar-refractivity contribution >= 4 is 11.1 Å². The van der Waals surface area contributed by atoms with Crippen molar-refractivity contribution in [2.45, 2.75) is 19.4 Å². The average molecular weight is 399 g/mol. The minimum atomic E-state index is -0.0405. The molecule has 0 bridgehead atoms. The topological polar surface area (TPSA) is 28.7 Å². The van der Waals surface area contributed by atoms with Crippen molar-refractivity contribution in [3.05, 3.63) is 108 Å². The van der Waals surface area contributed by atoms with Gasteiger partial charge in [-0.05, 0) is 40.8 Å². The van der Waals surface area contributed by atoms with Gasteiger partial charge in [0.25, 0.3) is 0 Å². The molecule has 148 valence electrons. The molecule has 1 heterocycles. The Morgan fingerprint density at radius 1 is 1.03 bits per heavy atom. The number of rotatable bonds is 5. The van der Waals surface area contributed by atoms with Crippen LogP contribution in [-0.2, 0) is 6.54 Å². The van der Waals surface area contributed by atoms with Gasteiger partial charge >= 0.3 is 0 Å². The minimum Gasteiger partial charge on any atom is -0.336 e. The molecule has 2 heteroatoms. The highest BCUT2D eigenvalue weighted by molar-refractivity contribution is 5.88. The lowest BCUT2D eigenvalue weighted by atomic mass is 9.92. The van der Waals surface area contributed by atoms with Crippen molar-refractivity contribution in [1.82, 2.24) is 4.57 Å². The van der Waals surface area contributed by atoms with Crippen molar-refractivity contribution in [2.75, 3.05) is 0 Å². The molecule has 3 aromatic rings. The third-order valence-corrected chi connectivity index (χ3v) is 5.86. The van der Waals surface area contributed by atoms with Crippen molar-refractivity contribution in [1.29, 1.82) is 5.26 Å². The molecule has 0 radical (unpaired) electrons. The van der Waals surface area contributed by atoms with Gasteiger partial charge in [0.05, 0.1) is 17.7 Å². The Morgan fingerprint density at radius 2 is 1.81 bits per heavy atom. The Balaban J connectivity index is 1.71. The highest BCUT2D eigenvalue weighted by Gasteiger charge is 2.23. The predicted molar refractivity (Wildman–Crippen MR) is 127 cm³/mol. The lowest BCUT2D eigenvalue weighted by Crippen LogP contribution is -2.07. The van der Waals surface area contributed by atoms with Crippen LogP contribution in [-0.4, -0.2) is 4.57 Å². The zero-order valence-electron chi connectivity index (χ0n) is 17.3. The molecule has 0 N–H and O–H groups in total. The number of hydrogen-bond acceptors (Lipinski definition) is 1. The molecule has 1 atom stereocenters. The molecule has 2 aliphatic carbocycles. The first kappa shape index (κ1) is 19.0. The normalized spacial score (nSPS) is 16.8. The van der Waals surface area contributed by atoms with Crippen LogP contribution < -0.4 is 0 Å². The highest BCUT2D eigenvalue weighted by atomic mass is 15.0. The maximum atomic E-state index is 9.28. The molecular formula is C29H22N2. The van der Waals surface area contributed by atoms with Gasteiger partial charge in [0, 0.05) is 24.2 Å². The molecule has 2 aromatic carbocycles. The summed E-state index contributed by atoms with van der Waals surface area (Å²) in [5.41, 5.74) is 8.48. The van der Waals surface area contributed by atoms with E-state index < -0.39 is 0 Å². The molecule has 2 nitrogen and oxygen atoms in total. The summed E-state index contributed by atoms with van der Waals surface area (Å²) in [7, 11) is 0. The van der Waals surface area contributed by atoms with Gasteiger partial charge in [-0.15, -0.1) is 0 Å². The fourth-order valence-electron chi connectivity index (χ4n) is 4.30. The second-order valence-electron chi connectivity index (χ2n) is 7.89. The molecule has 5 rings (SSSR count). The minimum absolute atomic E-state index is 0.0405. The molecule has 0 fully saturated rings. The molecule has 1 unspecified atom stereocenters. The van der Waals surface area contributed by atoms with Crippen LogP contribution in [0.3, 0.4) is 0 Å². The summed E-state index contributed by atoms with van der Waals surface area (Å²) in [5.74, 6) is 6.33. The molecule has 31 heavy (non-hydrogen) atoms. The van der Waals surface area contributed by atoms with Gasteiger partial charge < -0.3 is 4.57 Å². The van der Waals surface area contributed by atoms with E-state index in [2.05, 4.69) is 107 Å². The zero-order valence-corrected chi connectivity index (χ0v) is 17.3. The summed E-state index contributed by atoms with van der Waals surface area (Å²) in [5, 5.41) is 9.28. The van der Waals surface area contributed by atoms with Crippen LogP contribution >= 0.6 is 0 Å². The van der Waals surface area contributed by atoms with E-state index in [0.717, 1.165) is 19.4 Å². The Labute approximate surface area is 183 Å². The Bertz CT molecular complexity index is 1300. The number of nitriles is 1. The van der Waals surface area contributed by atoms with Crippen LogP contribution in [0.1, 0.15) is 29.7 Å². The number of nitrogens with zero attached hydrogens (tertiary/aromatic N) is 2. The van der Waals surface area contributed by atoms with Gasteiger partial charge in [-0.1, -0.05) is 90.7 Å². The Morgan fingerprint density at radius 3 is 2.45 bits per heavy atom. The summed E-state index contributed by atoms with van der Waals surface area (Å²) in [4.78, 5) is 0. The van der Waals surface area contributed by atoms with Gasteiger partial charge in [-0.2, -0.15) is 5.26 Å². The van der Waals surface area contributed by atoms with Crippen molar-refractivity contribution in [3.8, 4) is 29.2 Å². The lowest BCUT2D eigenvalue weighted by molar-refractivity contribution is 0.798. The van der Waals surface area contributed by atoms with Crippen LogP contribution in [0.2, 0.25) is 0 Å². The fourth-order valence-corrected chi connectivity index (χ4v) is 4.30. The van der Waals surface area contributed by atoms with Gasteiger partial charge in [-0.25, -0.2) is 0 Å². The third kappa shape index (κ3) is 3.77. The fraction of sp³-hybridized carbons (Fsp3) is 0.138.